The number of carbonyl (C=O) groups excluding carboxylic acids is 1. The van der Waals surface area contributed by atoms with E-state index in [-0.39, 0.29) is 18.1 Å². The van der Waals surface area contributed by atoms with Gasteiger partial charge in [0.05, 0.1) is 30.6 Å². The summed E-state index contributed by atoms with van der Waals surface area (Å²) in [5.41, 5.74) is 1.03. The van der Waals surface area contributed by atoms with Crippen LogP contribution in [-0.2, 0) is 20.9 Å². The molecule has 0 aliphatic carbocycles. The number of carboxylic acid groups (broad SMARTS) is 1. The number of carbonyl (C=O) groups is 2. The van der Waals surface area contributed by atoms with E-state index in [1.807, 2.05) is 37.3 Å². The van der Waals surface area contributed by atoms with Crippen molar-refractivity contribution in [1.29, 1.82) is 0 Å². The highest BCUT2D eigenvalue weighted by Crippen LogP contribution is 2.27. The Labute approximate surface area is 117 Å². The van der Waals surface area contributed by atoms with Gasteiger partial charge >= 0.3 is 5.97 Å². The molecule has 1 amide bonds. The highest BCUT2D eigenvalue weighted by molar-refractivity contribution is 5.88. The van der Waals surface area contributed by atoms with Crippen molar-refractivity contribution < 1.29 is 19.4 Å². The molecule has 1 heterocycles. The average molecular weight is 277 g/mol. The Morgan fingerprint density at radius 1 is 1.35 bits per heavy atom. The van der Waals surface area contributed by atoms with E-state index in [1.165, 1.54) is 0 Å². The van der Waals surface area contributed by atoms with E-state index in [2.05, 4.69) is 5.32 Å². The molecule has 108 valence electrons. The van der Waals surface area contributed by atoms with Crippen molar-refractivity contribution in [1.82, 2.24) is 5.32 Å². The average Bonchev–Trinajstić information content (AvgIpc) is 2.42. The molecule has 1 saturated heterocycles. The van der Waals surface area contributed by atoms with Gasteiger partial charge in [-0.25, -0.2) is 0 Å². The normalized spacial score (nSPS) is 24.4. The molecule has 1 fully saturated rings. The van der Waals surface area contributed by atoms with Gasteiger partial charge in [0.25, 0.3) is 0 Å². The zero-order valence-corrected chi connectivity index (χ0v) is 11.6. The molecule has 0 saturated carbocycles. The van der Waals surface area contributed by atoms with Crippen LogP contribution in [0.15, 0.2) is 30.3 Å². The second-order valence-electron chi connectivity index (χ2n) is 5.19. The highest BCUT2D eigenvalue weighted by Gasteiger charge is 2.47. The summed E-state index contributed by atoms with van der Waals surface area (Å²) in [6.45, 7) is 3.83. The number of nitrogens with one attached hydrogen (secondary N) is 1. The number of ether oxygens (including phenoxy) is 1. The molecule has 2 rings (SSSR count). The molecule has 0 bridgehead atoms. The molecule has 20 heavy (non-hydrogen) atoms. The molecule has 1 aliphatic rings. The number of hydrogen-bond acceptors (Lipinski definition) is 3. The molecule has 1 aromatic carbocycles. The van der Waals surface area contributed by atoms with Gasteiger partial charge in [-0.05, 0) is 19.4 Å². The third-order valence-corrected chi connectivity index (χ3v) is 3.79. The van der Waals surface area contributed by atoms with Crippen LogP contribution in [0.1, 0.15) is 19.4 Å². The van der Waals surface area contributed by atoms with E-state index < -0.39 is 17.8 Å². The summed E-state index contributed by atoms with van der Waals surface area (Å²) in [6, 6.07) is 9.32. The van der Waals surface area contributed by atoms with Crippen molar-refractivity contribution in [3.05, 3.63) is 35.9 Å². The van der Waals surface area contributed by atoms with Gasteiger partial charge in [-0.1, -0.05) is 30.3 Å². The summed E-state index contributed by atoms with van der Waals surface area (Å²) >= 11 is 0. The largest absolute Gasteiger partial charge is 0.481 e. The molecule has 2 unspecified atom stereocenters. The zero-order valence-electron chi connectivity index (χ0n) is 11.6. The predicted molar refractivity (Wildman–Crippen MR) is 72.9 cm³/mol. The number of hydrogen-bond donors (Lipinski definition) is 2. The minimum absolute atomic E-state index is 0.135. The van der Waals surface area contributed by atoms with Crippen LogP contribution in [0.25, 0.3) is 0 Å². The molecule has 0 radical (unpaired) electrons. The Hall–Kier alpha value is -1.88. The summed E-state index contributed by atoms with van der Waals surface area (Å²) in [7, 11) is 0. The Bertz CT molecular complexity index is 488. The number of benzene rings is 1. The lowest BCUT2D eigenvalue weighted by Crippen LogP contribution is -2.65. The first-order chi connectivity index (χ1) is 9.50. The van der Waals surface area contributed by atoms with Gasteiger partial charge in [-0.3, -0.25) is 9.59 Å². The molecule has 5 nitrogen and oxygen atoms in total. The van der Waals surface area contributed by atoms with Gasteiger partial charge in [0.15, 0.2) is 0 Å². The summed E-state index contributed by atoms with van der Waals surface area (Å²) in [5.74, 6) is -2.05. The van der Waals surface area contributed by atoms with Crippen LogP contribution in [0.4, 0.5) is 0 Å². The van der Waals surface area contributed by atoms with Crippen LogP contribution in [0.2, 0.25) is 0 Å². The first-order valence-electron chi connectivity index (χ1n) is 6.69. The van der Waals surface area contributed by atoms with Crippen LogP contribution in [0.5, 0.6) is 0 Å². The lowest BCUT2D eigenvalue weighted by atomic mass is 9.79. The Morgan fingerprint density at radius 2 is 2.00 bits per heavy atom. The minimum atomic E-state index is -0.907. The van der Waals surface area contributed by atoms with E-state index >= 15 is 0 Å². The van der Waals surface area contributed by atoms with Crippen molar-refractivity contribution in [2.75, 3.05) is 0 Å². The van der Waals surface area contributed by atoms with E-state index in [9.17, 15) is 9.59 Å². The summed E-state index contributed by atoms with van der Waals surface area (Å²) in [6.07, 6.45) is -0.309. The summed E-state index contributed by atoms with van der Waals surface area (Å²) < 4.78 is 5.71. The SMILES string of the molecule is C[C@@H](OCc1ccccc1)C1C(=O)NC1[C@@H](C)C(=O)O. The second-order valence-corrected chi connectivity index (χ2v) is 5.19. The van der Waals surface area contributed by atoms with Gasteiger partial charge in [0.1, 0.15) is 0 Å². The fourth-order valence-corrected chi connectivity index (χ4v) is 2.42. The molecular weight excluding hydrogens is 258 g/mol. The topological polar surface area (TPSA) is 75.6 Å². The van der Waals surface area contributed by atoms with Gasteiger partial charge in [0, 0.05) is 0 Å². The third kappa shape index (κ3) is 2.99. The molecule has 4 atom stereocenters. The number of β-lactam (4-membered cyclic amide) rings is 1. The summed E-state index contributed by atoms with van der Waals surface area (Å²) in [5, 5.41) is 11.7. The maximum atomic E-state index is 11.6. The van der Waals surface area contributed by atoms with Gasteiger partial charge in [0.2, 0.25) is 5.91 Å². The van der Waals surface area contributed by atoms with Gasteiger partial charge < -0.3 is 15.2 Å². The van der Waals surface area contributed by atoms with Crippen LogP contribution in [0, 0.1) is 11.8 Å². The molecule has 2 N–H and O–H groups in total. The van der Waals surface area contributed by atoms with Crippen molar-refractivity contribution in [3.8, 4) is 0 Å². The van der Waals surface area contributed by atoms with Gasteiger partial charge in [-0.15, -0.1) is 0 Å². The fourth-order valence-electron chi connectivity index (χ4n) is 2.42. The first kappa shape index (κ1) is 14.5. The van der Waals surface area contributed by atoms with Crippen molar-refractivity contribution >= 4 is 11.9 Å². The van der Waals surface area contributed by atoms with E-state index in [0.717, 1.165) is 5.56 Å². The molecule has 0 spiro atoms. The predicted octanol–water partition coefficient (Wildman–Crippen LogP) is 1.43. The minimum Gasteiger partial charge on any atom is -0.481 e. The van der Waals surface area contributed by atoms with E-state index in [4.69, 9.17) is 9.84 Å². The number of amides is 1. The lowest BCUT2D eigenvalue weighted by molar-refractivity contribution is -0.153. The maximum Gasteiger partial charge on any atom is 0.308 e. The van der Waals surface area contributed by atoms with Crippen LogP contribution in [0.3, 0.4) is 0 Å². The van der Waals surface area contributed by atoms with Crippen LogP contribution in [-0.4, -0.2) is 29.1 Å². The van der Waals surface area contributed by atoms with Crippen LogP contribution >= 0.6 is 0 Å². The number of aliphatic carboxylic acids is 1. The quantitative estimate of drug-likeness (QED) is 0.771. The van der Waals surface area contributed by atoms with Gasteiger partial charge in [-0.2, -0.15) is 0 Å². The zero-order chi connectivity index (χ0) is 14.7. The molecular formula is C15H19NO4. The fraction of sp³-hybridized carbons (Fsp3) is 0.467. The monoisotopic (exact) mass is 277 g/mol. The Kier molecular flexibility index (Phi) is 4.39. The standard InChI is InChI=1S/C15H19NO4/c1-9(15(18)19)13-12(14(17)16-13)10(2)20-8-11-6-4-3-5-7-11/h3-7,9-10,12-13H,8H2,1-2H3,(H,16,17)(H,18,19)/t9-,10-,12?,13?/m1/s1. The second kappa shape index (κ2) is 6.05. The third-order valence-electron chi connectivity index (χ3n) is 3.79. The molecule has 1 aliphatic heterocycles. The lowest BCUT2D eigenvalue weighted by Gasteiger charge is -2.42. The van der Waals surface area contributed by atoms with Crippen molar-refractivity contribution in [2.24, 2.45) is 11.8 Å². The van der Waals surface area contributed by atoms with E-state index in [0.29, 0.717) is 6.61 Å². The molecule has 1 aromatic rings. The van der Waals surface area contributed by atoms with Crippen molar-refractivity contribution in [2.45, 2.75) is 32.6 Å². The molecule has 5 heteroatoms. The van der Waals surface area contributed by atoms with E-state index in [1.54, 1.807) is 6.92 Å². The Morgan fingerprint density at radius 3 is 2.55 bits per heavy atom. The van der Waals surface area contributed by atoms with Crippen molar-refractivity contribution in [3.63, 3.8) is 0 Å². The smallest absolute Gasteiger partial charge is 0.308 e. The molecule has 0 aromatic heterocycles. The maximum absolute atomic E-state index is 11.6. The first-order valence-corrected chi connectivity index (χ1v) is 6.69. The number of rotatable bonds is 6. The van der Waals surface area contributed by atoms with Crippen LogP contribution < -0.4 is 5.32 Å². The Balaban J connectivity index is 1.92. The summed E-state index contributed by atoms with van der Waals surface area (Å²) in [4.78, 5) is 22.6. The number of carboxylic acids is 1. The highest BCUT2D eigenvalue weighted by atomic mass is 16.5.